The number of hydrogen-bond acceptors (Lipinski definition) is 4. The van der Waals surface area contributed by atoms with Gasteiger partial charge in [0.1, 0.15) is 5.82 Å². The van der Waals surface area contributed by atoms with Gasteiger partial charge in [-0.3, -0.25) is 9.82 Å². The van der Waals surface area contributed by atoms with E-state index in [4.69, 9.17) is 5.73 Å². The number of H-pyrrole nitrogens is 1. The Morgan fingerprint density at radius 3 is 2.83 bits per heavy atom. The molecule has 96 valence electrons. The second-order valence-electron chi connectivity index (χ2n) is 3.55. The number of hydrogen-bond donors (Lipinski definition) is 3. The maximum absolute atomic E-state index is 13.1. The Labute approximate surface area is 103 Å². The van der Waals surface area contributed by atoms with Crippen LogP contribution in [0.3, 0.4) is 0 Å². The van der Waals surface area contributed by atoms with E-state index in [0.29, 0.717) is 5.56 Å². The zero-order valence-electron chi connectivity index (χ0n) is 9.22. The third-order valence-electron chi connectivity index (χ3n) is 2.29. The molecular formula is C10H11FN4O2S. The molecule has 0 saturated heterocycles. The fraction of sp³-hybridized carbons (Fsp3) is 0.100. The first-order valence-corrected chi connectivity index (χ1v) is 6.51. The van der Waals surface area contributed by atoms with Crippen LogP contribution in [-0.4, -0.2) is 18.6 Å². The molecule has 0 saturated carbocycles. The molecule has 4 N–H and O–H groups in total. The molecule has 18 heavy (non-hydrogen) atoms. The second kappa shape index (κ2) is 4.75. The normalized spacial score (nSPS) is 11.4. The number of halogens is 1. The number of rotatable bonds is 4. The molecule has 0 atom stereocenters. The van der Waals surface area contributed by atoms with Crippen molar-refractivity contribution in [2.45, 2.75) is 11.4 Å². The van der Waals surface area contributed by atoms with E-state index in [1.165, 1.54) is 24.5 Å². The number of aromatic nitrogens is 2. The number of sulfonamides is 1. The van der Waals surface area contributed by atoms with Crippen molar-refractivity contribution in [2.75, 3.05) is 4.72 Å². The van der Waals surface area contributed by atoms with Gasteiger partial charge in [0.2, 0.25) is 0 Å². The highest BCUT2D eigenvalue weighted by atomic mass is 32.2. The number of anilines is 1. The van der Waals surface area contributed by atoms with Crippen LogP contribution < -0.4 is 10.5 Å². The number of nitrogens with one attached hydrogen (secondary N) is 2. The maximum atomic E-state index is 13.1. The molecule has 0 bridgehead atoms. The van der Waals surface area contributed by atoms with E-state index in [-0.39, 0.29) is 17.1 Å². The summed E-state index contributed by atoms with van der Waals surface area (Å²) < 4.78 is 39.5. The van der Waals surface area contributed by atoms with Crippen LogP contribution in [0.4, 0.5) is 10.1 Å². The van der Waals surface area contributed by atoms with E-state index >= 15 is 0 Å². The largest absolute Gasteiger partial charge is 0.326 e. The van der Waals surface area contributed by atoms with Gasteiger partial charge in [0.05, 0.1) is 16.8 Å². The van der Waals surface area contributed by atoms with E-state index in [2.05, 4.69) is 14.9 Å². The van der Waals surface area contributed by atoms with Crippen molar-refractivity contribution in [1.29, 1.82) is 0 Å². The average Bonchev–Trinajstić information content (AvgIpc) is 2.81. The molecule has 1 heterocycles. The van der Waals surface area contributed by atoms with Gasteiger partial charge in [0, 0.05) is 12.7 Å². The third-order valence-corrected chi connectivity index (χ3v) is 3.75. The molecule has 0 aliphatic heterocycles. The Morgan fingerprint density at radius 1 is 1.44 bits per heavy atom. The molecule has 8 heteroatoms. The first-order chi connectivity index (χ1) is 8.53. The summed E-state index contributed by atoms with van der Waals surface area (Å²) >= 11 is 0. The molecule has 6 nitrogen and oxygen atoms in total. The van der Waals surface area contributed by atoms with Gasteiger partial charge in [-0.05, 0) is 17.7 Å². The van der Waals surface area contributed by atoms with Crippen LogP contribution in [0.5, 0.6) is 0 Å². The minimum atomic E-state index is -3.88. The van der Waals surface area contributed by atoms with Crippen LogP contribution in [0.25, 0.3) is 0 Å². The lowest BCUT2D eigenvalue weighted by Gasteiger charge is -2.10. The zero-order valence-corrected chi connectivity index (χ0v) is 10.0. The summed E-state index contributed by atoms with van der Waals surface area (Å²) in [5.41, 5.74) is 6.04. The lowest BCUT2D eigenvalue weighted by molar-refractivity contribution is 0.593. The first-order valence-electron chi connectivity index (χ1n) is 5.03. The van der Waals surface area contributed by atoms with E-state index in [9.17, 15) is 12.8 Å². The Balaban J connectivity index is 2.43. The summed E-state index contributed by atoms with van der Waals surface area (Å²) in [6, 6.07) is 3.45. The minimum Gasteiger partial charge on any atom is -0.326 e. The van der Waals surface area contributed by atoms with Crippen molar-refractivity contribution in [3.8, 4) is 0 Å². The van der Waals surface area contributed by atoms with Gasteiger partial charge < -0.3 is 5.73 Å². The number of aromatic amines is 1. The molecule has 1 aromatic heterocycles. The van der Waals surface area contributed by atoms with Gasteiger partial charge in [-0.1, -0.05) is 6.07 Å². The molecule has 2 rings (SSSR count). The standard InChI is InChI=1S/C10H11FN4O2S/c11-8-2-1-7(4-12)10(3-8)18(16,17)15-9-5-13-14-6-9/h1-3,5-6,15H,4,12H2,(H,13,14). The van der Waals surface area contributed by atoms with E-state index < -0.39 is 15.8 Å². The van der Waals surface area contributed by atoms with Crippen LogP contribution in [0.1, 0.15) is 5.56 Å². The molecule has 0 fully saturated rings. The van der Waals surface area contributed by atoms with Crippen molar-refractivity contribution >= 4 is 15.7 Å². The molecule has 2 aromatic rings. The van der Waals surface area contributed by atoms with E-state index in [1.807, 2.05) is 0 Å². The number of benzene rings is 1. The summed E-state index contributed by atoms with van der Waals surface area (Å²) in [6.07, 6.45) is 2.68. The Kier molecular flexibility index (Phi) is 3.30. The van der Waals surface area contributed by atoms with Crippen molar-refractivity contribution < 1.29 is 12.8 Å². The zero-order chi connectivity index (χ0) is 13.2. The Morgan fingerprint density at radius 2 is 2.22 bits per heavy atom. The van der Waals surface area contributed by atoms with Gasteiger partial charge >= 0.3 is 0 Å². The van der Waals surface area contributed by atoms with Crippen molar-refractivity contribution in [2.24, 2.45) is 5.73 Å². The maximum Gasteiger partial charge on any atom is 0.262 e. The van der Waals surface area contributed by atoms with Crippen molar-refractivity contribution in [3.63, 3.8) is 0 Å². The number of nitrogens with two attached hydrogens (primary N) is 1. The van der Waals surface area contributed by atoms with Crippen LogP contribution in [0.2, 0.25) is 0 Å². The third kappa shape index (κ3) is 2.49. The average molecular weight is 270 g/mol. The highest BCUT2D eigenvalue weighted by molar-refractivity contribution is 7.92. The highest BCUT2D eigenvalue weighted by Gasteiger charge is 2.19. The second-order valence-corrected chi connectivity index (χ2v) is 5.20. The minimum absolute atomic E-state index is 0.00190. The fourth-order valence-corrected chi connectivity index (χ4v) is 2.76. The van der Waals surface area contributed by atoms with Crippen molar-refractivity contribution in [1.82, 2.24) is 10.2 Å². The first kappa shape index (κ1) is 12.5. The summed E-state index contributed by atoms with van der Waals surface area (Å²) in [6.45, 7) is 0.00190. The van der Waals surface area contributed by atoms with E-state index in [0.717, 1.165) is 6.07 Å². The van der Waals surface area contributed by atoms with Gasteiger partial charge in [-0.15, -0.1) is 0 Å². The van der Waals surface area contributed by atoms with Crippen LogP contribution >= 0.6 is 0 Å². The number of nitrogens with zero attached hydrogens (tertiary/aromatic N) is 1. The monoisotopic (exact) mass is 270 g/mol. The molecule has 1 aromatic carbocycles. The SMILES string of the molecule is NCc1ccc(F)cc1S(=O)(=O)Nc1cn[nH]c1. The quantitative estimate of drug-likeness (QED) is 0.765. The van der Waals surface area contributed by atoms with Crippen LogP contribution in [0.15, 0.2) is 35.5 Å². The summed E-state index contributed by atoms with van der Waals surface area (Å²) in [5.74, 6) is -0.639. The highest BCUT2D eigenvalue weighted by Crippen LogP contribution is 2.20. The lowest BCUT2D eigenvalue weighted by atomic mass is 10.2. The van der Waals surface area contributed by atoms with Crippen LogP contribution in [0, 0.1) is 5.82 Å². The molecule has 0 unspecified atom stereocenters. The summed E-state index contributed by atoms with van der Waals surface area (Å²) in [5, 5.41) is 6.08. The summed E-state index contributed by atoms with van der Waals surface area (Å²) in [7, 11) is -3.88. The molecule has 0 spiro atoms. The Bertz CT molecular complexity index is 640. The van der Waals surface area contributed by atoms with Crippen LogP contribution in [-0.2, 0) is 16.6 Å². The topological polar surface area (TPSA) is 101 Å². The summed E-state index contributed by atoms with van der Waals surface area (Å²) in [4.78, 5) is -0.175. The van der Waals surface area contributed by atoms with E-state index in [1.54, 1.807) is 0 Å². The molecule has 0 aliphatic rings. The molecule has 0 radical (unpaired) electrons. The van der Waals surface area contributed by atoms with Gasteiger partial charge in [0.25, 0.3) is 10.0 Å². The fourth-order valence-electron chi connectivity index (χ4n) is 1.46. The van der Waals surface area contributed by atoms with Gasteiger partial charge in [-0.25, -0.2) is 12.8 Å². The smallest absolute Gasteiger partial charge is 0.262 e. The van der Waals surface area contributed by atoms with Gasteiger partial charge in [0.15, 0.2) is 0 Å². The lowest BCUT2D eigenvalue weighted by Crippen LogP contribution is -2.16. The predicted molar refractivity (Wildman–Crippen MR) is 63.7 cm³/mol. The predicted octanol–water partition coefficient (Wildman–Crippen LogP) is 0.808. The Hall–Kier alpha value is -1.93. The molecule has 0 amide bonds. The van der Waals surface area contributed by atoms with Crippen molar-refractivity contribution in [3.05, 3.63) is 42.0 Å². The molecular weight excluding hydrogens is 259 g/mol. The molecule has 0 aliphatic carbocycles. The van der Waals surface area contributed by atoms with Gasteiger partial charge in [-0.2, -0.15) is 5.10 Å².